The van der Waals surface area contributed by atoms with Crippen LogP contribution in [0.2, 0.25) is 5.02 Å². The second-order valence-electron chi connectivity index (χ2n) is 6.76. The third-order valence-corrected chi connectivity index (χ3v) is 4.92. The number of nitrogens with one attached hydrogen (secondary N) is 2. The molecule has 7 nitrogen and oxygen atoms in total. The van der Waals surface area contributed by atoms with Gasteiger partial charge in [0, 0.05) is 27.6 Å². The summed E-state index contributed by atoms with van der Waals surface area (Å²) in [4.78, 5) is 24.4. The van der Waals surface area contributed by atoms with Crippen molar-refractivity contribution in [2.45, 2.75) is 12.1 Å². The molecule has 1 aliphatic rings. The first-order chi connectivity index (χ1) is 14.3. The van der Waals surface area contributed by atoms with Crippen molar-refractivity contribution >= 4 is 34.3 Å². The average molecular weight is 428 g/mol. The summed E-state index contributed by atoms with van der Waals surface area (Å²) < 4.78 is 20.2. The lowest BCUT2D eigenvalue weighted by Gasteiger charge is -2.20. The lowest BCUT2D eigenvalue weighted by atomic mass is 10.00. The van der Waals surface area contributed by atoms with Gasteiger partial charge in [-0.25, -0.2) is 9.18 Å². The second kappa shape index (κ2) is 7.28. The Morgan fingerprint density at radius 1 is 1.27 bits per heavy atom. The predicted octanol–water partition coefficient (Wildman–Crippen LogP) is 2.78. The van der Waals surface area contributed by atoms with Crippen molar-refractivity contribution < 1.29 is 23.8 Å². The maximum absolute atomic E-state index is 13.6. The van der Waals surface area contributed by atoms with Crippen molar-refractivity contribution in [1.29, 1.82) is 0 Å². The van der Waals surface area contributed by atoms with Crippen molar-refractivity contribution in [2.75, 3.05) is 7.11 Å². The van der Waals surface area contributed by atoms with Gasteiger partial charge >= 0.3 is 6.03 Å². The highest BCUT2D eigenvalue weighted by Gasteiger charge is 2.46. The molecule has 0 radical (unpaired) electrons. The summed E-state index contributed by atoms with van der Waals surface area (Å²) in [7, 11) is 1.51. The van der Waals surface area contributed by atoms with Crippen molar-refractivity contribution in [1.82, 2.24) is 15.2 Å². The fourth-order valence-corrected chi connectivity index (χ4v) is 3.49. The van der Waals surface area contributed by atoms with E-state index in [9.17, 15) is 19.1 Å². The lowest BCUT2D eigenvalue weighted by molar-refractivity contribution is -0.122. The van der Waals surface area contributed by atoms with Gasteiger partial charge in [0.1, 0.15) is 11.6 Å². The number of amides is 3. The summed E-state index contributed by atoms with van der Waals surface area (Å²) >= 11 is 5.85. The van der Waals surface area contributed by atoms with E-state index in [1.54, 1.807) is 24.4 Å². The first-order valence-electron chi connectivity index (χ1n) is 8.78. The predicted molar refractivity (Wildman–Crippen MR) is 108 cm³/mol. The molecule has 3 amide bonds. The zero-order valence-electron chi connectivity index (χ0n) is 15.6. The number of aromatic nitrogens is 1. The smallest absolute Gasteiger partial charge is 0.323 e. The third-order valence-electron chi connectivity index (χ3n) is 4.70. The number of urea groups is 1. The SMILES string of the molecule is COc1ccc2cn(C[C@@]3(C#Cc4cc(F)cc(Cl)c4)NC(=O)NC3=O)c(O)c2c1. The molecular weight excluding hydrogens is 413 g/mol. The Kier molecular flexibility index (Phi) is 4.76. The number of rotatable bonds is 3. The topological polar surface area (TPSA) is 92.6 Å². The van der Waals surface area contributed by atoms with Crippen molar-refractivity contribution in [2.24, 2.45) is 0 Å². The van der Waals surface area contributed by atoms with Crippen molar-refractivity contribution in [3.63, 3.8) is 0 Å². The molecule has 152 valence electrons. The number of imide groups is 1. The Morgan fingerprint density at radius 3 is 2.73 bits per heavy atom. The van der Waals surface area contributed by atoms with Gasteiger partial charge in [-0.15, -0.1) is 0 Å². The lowest BCUT2D eigenvalue weighted by Crippen LogP contribution is -2.49. The van der Waals surface area contributed by atoms with E-state index in [-0.39, 0.29) is 23.0 Å². The molecule has 2 heterocycles. The fraction of sp³-hybridized carbons (Fsp3) is 0.143. The van der Waals surface area contributed by atoms with Crippen LogP contribution in [0.15, 0.2) is 42.6 Å². The maximum Gasteiger partial charge on any atom is 0.323 e. The number of aromatic hydroxyl groups is 1. The summed E-state index contributed by atoms with van der Waals surface area (Å²) in [5.41, 5.74) is -1.44. The van der Waals surface area contributed by atoms with Crippen LogP contribution in [-0.2, 0) is 11.3 Å². The summed E-state index contributed by atoms with van der Waals surface area (Å²) in [6.45, 7) is -0.177. The Hall–Kier alpha value is -3.70. The van der Waals surface area contributed by atoms with Crippen molar-refractivity contribution in [3.8, 4) is 23.5 Å². The summed E-state index contributed by atoms with van der Waals surface area (Å²) in [6.07, 6.45) is 1.63. The van der Waals surface area contributed by atoms with Crippen LogP contribution in [-0.4, -0.2) is 34.3 Å². The van der Waals surface area contributed by atoms with Gasteiger partial charge in [0.25, 0.3) is 5.91 Å². The molecule has 0 unspecified atom stereocenters. The van der Waals surface area contributed by atoms with Gasteiger partial charge in [0.05, 0.1) is 13.7 Å². The molecule has 1 fully saturated rings. The quantitative estimate of drug-likeness (QED) is 0.442. The number of ether oxygens (including phenoxy) is 1. The number of halogens is 2. The fourth-order valence-electron chi connectivity index (χ4n) is 3.26. The number of hydrogen-bond acceptors (Lipinski definition) is 4. The van der Waals surface area contributed by atoms with Crippen LogP contribution in [0.3, 0.4) is 0 Å². The number of hydrogen-bond donors (Lipinski definition) is 3. The number of fused-ring (bicyclic) bond motifs is 1. The summed E-state index contributed by atoms with van der Waals surface area (Å²) in [5, 5.41) is 16.7. The van der Waals surface area contributed by atoms with E-state index in [0.717, 1.165) is 12.1 Å². The second-order valence-corrected chi connectivity index (χ2v) is 7.19. The van der Waals surface area contributed by atoms with Crippen LogP contribution < -0.4 is 15.4 Å². The van der Waals surface area contributed by atoms with E-state index in [1.165, 1.54) is 17.7 Å². The van der Waals surface area contributed by atoms with Crippen LogP contribution in [0.1, 0.15) is 5.56 Å². The molecule has 2 aromatic carbocycles. The minimum absolute atomic E-state index is 0.118. The van der Waals surface area contributed by atoms with Gasteiger partial charge < -0.3 is 19.7 Å². The highest BCUT2D eigenvalue weighted by Crippen LogP contribution is 2.32. The van der Waals surface area contributed by atoms with Gasteiger partial charge in [-0.2, -0.15) is 0 Å². The number of nitrogens with zero attached hydrogens (tertiary/aromatic N) is 1. The van der Waals surface area contributed by atoms with Crippen molar-refractivity contribution in [3.05, 3.63) is 59.0 Å². The standard InChI is InChI=1S/C21H15ClFN3O4/c1-30-16-3-2-13-10-26(18(27)17(13)9-16)11-21(19(28)24-20(29)25-21)5-4-12-6-14(22)8-15(23)7-12/h2-3,6-10,27H,11H2,1H3,(H2,24,25,28,29)/t21-/m1/s1. The molecule has 1 aromatic heterocycles. The largest absolute Gasteiger partial charge is 0.497 e. The molecule has 0 spiro atoms. The molecule has 1 saturated heterocycles. The molecule has 30 heavy (non-hydrogen) atoms. The van der Waals surface area contributed by atoms with Gasteiger partial charge in [-0.05, 0) is 36.4 Å². The van der Waals surface area contributed by atoms with Crippen LogP contribution in [0.25, 0.3) is 10.8 Å². The van der Waals surface area contributed by atoms with Crippen LogP contribution in [0.4, 0.5) is 9.18 Å². The Labute approximate surface area is 175 Å². The minimum Gasteiger partial charge on any atom is -0.497 e. The number of methoxy groups -OCH3 is 1. The molecule has 3 N–H and O–H groups in total. The average Bonchev–Trinajstić information content (AvgIpc) is 3.15. The van der Waals surface area contributed by atoms with Crippen LogP contribution >= 0.6 is 11.6 Å². The molecule has 9 heteroatoms. The first-order valence-corrected chi connectivity index (χ1v) is 9.16. The zero-order chi connectivity index (χ0) is 21.5. The van der Waals surface area contributed by atoms with Gasteiger partial charge in [-0.1, -0.05) is 23.4 Å². The summed E-state index contributed by atoms with van der Waals surface area (Å²) in [5.74, 6) is 4.57. The van der Waals surface area contributed by atoms with E-state index in [2.05, 4.69) is 22.5 Å². The van der Waals surface area contributed by atoms with Crippen LogP contribution in [0.5, 0.6) is 11.6 Å². The number of benzene rings is 2. The van der Waals surface area contributed by atoms with Crippen LogP contribution in [0, 0.1) is 17.7 Å². The summed E-state index contributed by atoms with van der Waals surface area (Å²) in [6, 6.07) is 8.16. The third kappa shape index (κ3) is 3.51. The first kappa shape index (κ1) is 19.6. The van der Waals surface area contributed by atoms with Gasteiger partial charge in [-0.3, -0.25) is 10.1 Å². The van der Waals surface area contributed by atoms with E-state index >= 15 is 0 Å². The van der Waals surface area contributed by atoms with Gasteiger partial charge in [0.15, 0.2) is 5.88 Å². The highest BCUT2D eigenvalue weighted by molar-refractivity contribution is 6.30. The number of carbonyl (C=O) groups excluding carboxylic acids is 2. The normalized spacial score (nSPS) is 18.0. The van der Waals surface area contributed by atoms with E-state index in [0.29, 0.717) is 16.5 Å². The minimum atomic E-state index is -1.67. The zero-order valence-corrected chi connectivity index (χ0v) is 16.4. The molecule has 4 rings (SSSR count). The van der Waals surface area contributed by atoms with E-state index in [4.69, 9.17) is 16.3 Å². The van der Waals surface area contributed by atoms with E-state index < -0.39 is 23.3 Å². The number of carbonyl (C=O) groups is 2. The Balaban J connectivity index is 1.77. The molecule has 1 aliphatic heterocycles. The molecule has 3 aromatic rings. The molecule has 1 atom stereocenters. The maximum atomic E-state index is 13.6. The highest BCUT2D eigenvalue weighted by atomic mass is 35.5. The molecular formula is C21H15ClFN3O4. The Morgan fingerprint density at radius 2 is 2.07 bits per heavy atom. The monoisotopic (exact) mass is 427 g/mol. The molecule has 0 aliphatic carbocycles. The van der Waals surface area contributed by atoms with Gasteiger partial charge in [0.2, 0.25) is 5.54 Å². The van der Waals surface area contributed by atoms with E-state index in [1.807, 2.05) is 0 Å². The molecule has 0 saturated carbocycles. The molecule has 0 bridgehead atoms. The Bertz CT molecular complexity index is 1240.